The summed E-state index contributed by atoms with van der Waals surface area (Å²) in [5.41, 5.74) is 3.87. The van der Waals surface area contributed by atoms with Gasteiger partial charge in [-0.1, -0.05) is 29.8 Å². The Hall–Kier alpha value is -6.76. The molecular formula is C53H63N4O17S+. The number of ether oxygens (including phenoxy) is 5. The number of sulfone groups is 1. The Morgan fingerprint density at radius 3 is 2.12 bits per heavy atom. The van der Waals surface area contributed by atoms with Crippen LogP contribution in [0.15, 0.2) is 101 Å². The number of amides is 2. The van der Waals surface area contributed by atoms with E-state index in [0.29, 0.717) is 60.8 Å². The number of hydrogen-bond donors (Lipinski definition) is 6. The molecule has 3 heterocycles. The number of Topliss-reactive ketones (excluding diaryl/α,β-unsaturated/α-hetero) is 2. The summed E-state index contributed by atoms with van der Waals surface area (Å²) in [6, 6.07) is 21.7. The highest BCUT2D eigenvalue weighted by molar-refractivity contribution is 7.90. The zero-order valence-corrected chi connectivity index (χ0v) is 42.7. The molecule has 1 saturated heterocycles. The van der Waals surface area contributed by atoms with Crippen molar-refractivity contribution in [3.8, 4) is 17.2 Å². The maximum absolute atomic E-state index is 13.4. The number of rotatable bonds is 29. The Morgan fingerprint density at radius 1 is 0.760 bits per heavy atom. The molecule has 0 unspecified atom stereocenters. The number of hydrogen-bond acceptors (Lipinski definition) is 17. The topological polar surface area (TPSA) is 301 Å². The predicted molar refractivity (Wildman–Crippen MR) is 267 cm³/mol. The summed E-state index contributed by atoms with van der Waals surface area (Å²) in [4.78, 5) is 66.5. The van der Waals surface area contributed by atoms with Crippen LogP contribution in [0.1, 0.15) is 71.1 Å². The minimum absolute atomic E-state index is 0.0300. The van der Waals surface area contributed by atoms with E-state index in [0.717, 1.165) is 11.1 Å². The van der Waals surface area contributed by atoms with E-state index in [1.807, 2.05) is 36.0 Å². The van der Waals surface area contributed by atoms with Gasteiger partial charge in [0.15, 0.2) is 40.7 Å². The lowest BCUT2D eigenvalue weighted by Gasteiger charge is -2.38. The van der Waals surface area contributed by atoms with Gasteiger partial charge in [-0.2, -0.15) is 0 Å². The second kappa shape index (κ2) is 27.7. The molecule has 5 aromatic rings. The average Bonchev–Trinajstić information content (AvgIpc) is 3.74. The van der Waals surface area contributed by atoms with Crippen LogP contribution in [0.25, 0.3) is 11.5 Å². The van der Waals surface area contributed by atoms with E-state index in [-0.39, 0.29) is 97.6 Å². The Bertz CT molecular complexity index is 2860. The van der Waals surface area contributed by atoms with Crippen LogP contribution < -0.4 is 19.9 Å². The van der Waals surface area contributed by atoms with E-state index >= 15 is 0 Å². The molecule has 75 heavy (non-hydrogen) atoms. The minimum atomic E-state index is -3.66. The highest BCUT2D eigenvalue weighted by atomic mass is 32.2. The summed E-state index contributed by atoms with van der Waals surface area (Å²) in [6.07, 6.45) is -5.00. The van der Waals surface area contributed by atoms with Crippen molar-refractivity contribution >= 4 is 44.9 Å². The molecule has 1 fully saturated rings. The van der Waals surface area contributed by atoms with Gasteiger partial charge < -0.3 is 59.2 Å². The number of aromatic nitrogens is 2. The number of carboxylic acid groups (broad SMARTS) is 1. The van der Waals surface area contributed by atoms with Gasteiger partial charge in [0.2, 0.25) is 24.0 Å². The maximum Gasteiger partial charge on any atom is 0.335 e. The molecular weight excluding hydrogens is 997 g/mol. The van der Waals surface area contributed by atoms with E-state index in [2.05, 4.69) is 15.6 Å². The van der Waals surface area contributed by atoms with Crippen LogP contribution in [0.4, 0.5) is 5.69 Å². The molecule has 0 saturated carbocycles. The molecule has 5 atom stereocenters. The van der Waals surface area contributed by atoms with Crippen molar-refractivity contribution < 1.29 is 85.5 Å². The van der Waals surface area contributed by atoms with Crippen molar-refractivity contribution in [2.45, 2.75) is 101 Å². The van der Waals surface area contributed by atoms with Crippen LogP contribution in [0.3, 0.4) is 0 Å². The number of carbonyl (C=O) groups is 5. The lowest BCUT2D eigenvalue weighted by molar-refractivity contribution is -0.688. The zero-order valence-electron chi connectivity index (χ0n) is 41.8. The SMILES string of the molecule is CC(=O)CCOCCOCCOCCC(=O)NCCC(=O)Nc1cc(C[n+]2cccc(CCC(=O)c3ccc(-c4nc(CS(=O)(=O)c5ccc(C)cc5)c(C)o4)cc3)c2)ccc1O[C@@H]1O[C@H](C(=O)O)[C@@H](O)[C@H](O)[C@H]1O. The number of nitrogens with zero attached hydrogens (tertiary/aromatic N) is 2. The van der Waals surface area contributed by atoms with E-state index in [1.54, 1.807) is 67.6 Å². The van der Waals surface area contributed by atoms with E-state index < -0.39 is 52.4 Å². The molecule has 0 spiro atoms. The first-order chi connectivity index (χ1) is 35.9. The first-order valence-electron chi connectivity index (χ1n) is 24.3. The van der Waals surface area contributed by atoms with Crippen molar-refractivity contribution in [2.24, 2.45) is 0 Å². The third-order valence-electron chi connectivity index (χ3n) is 11.8. The highest BCUT2D eigenvalue weighted by Gasteiger charge is 2.48. The molecule has 6 rings (SSSR count). The number of carboxylic acids is 1. The molecule has 3 aromatic carbocycles. The Balaban J connectivity index is 1.03. The number of oxazole rings is 1. The number of nitrogens with one attached hydrogen (secondary N) is 2. The molecule has 0 aliphatic carbocycles. The smallest absolute Gasteiger partial charge is 0.335 e. The Labute approximate surface area is 433 Å². The van der Waals surface area contributed by atoms with Gasteiger partial charge in [-0.15, -0.1) is 0 Å². The van der Waals surface area contributed by atoms with E-state index in [1.165, 1.54) is 13.0 Å². The van der Waals surface area contributed by atoms with Crippen molar-refractivity contribution in [1.29, 1.82) is 0 Å². The summed E-state index contributed by atoms with van der Waals surface area (Å²) >= 11 is 0. The van der Waals surface area contributed by atoms with Crippen LogP contribution in [-0.4, -0.2) is 140 Å². The fraction of sp³-hybridized carbons (Fsp3) is 0.415. The fourth-order valence-electron chi connectivity index (χ4n) is 7.62. The van der Waals surface area contributed by atoms with Gasteiger partial charge in [-0.3, -0.25) is 19.2 Å². The van der Waals surface area contributed by atoms with Crippen molar-refractivity contribution in [3.05, 3.63) is 125 Å². The molecule has 2 amide bonds. The standard InChI is InChI=1S/C53H62N4O17S/c1-33-6-14-40(15-7-33)75(67,68)32-42-35(3)72-51(56-42)39-12-10-38(11-13-39)43(59)16-8-36-5-4-22-57(30-36)31-37-9-17-44(73-53-49(64)47(62)48(63)50(74-53)52(65)66)41(29-37)55-46(61)18-21-54-45(60)20-24-70-26-28-71-27-25-69-23-19-34(2)58/h4-7,9-15,17,22,29-30,47-50,53,62-64H,8,16,18-21,23-28,31-32H2,1-3H3,(H2-,54,55,60,61,65,66)/p+1/t47-,48-,49+,50-,53+/m0/s1. The molecule has 22 heteroatoms. The molecule has 402 valence electrons. The van der Waals surface area contributed by atoms with Crippen LogP contribution in [-0.2, 0) is 66.7 Å². The number of carbonyl (C=O) groups excluding carboxylic acids is 4. The summed E-state index contributed by atoms with van der Waals surface area (Å²) < 4.78 is 61.1. The molecule has 0 bridgehead atoms. The maximum atomic E-state index is 13.4. The van der Waals surface area contributed by atoms with E-state index in [4.69, 9.17) is 28.1 Å². The summed E-state index contributed by atoms with van der Waals surface area (Å²) in [5.74, 6) is -2.35. The zero-order chi connectivity index (χ0) is 54.1. The van der Waals surface area contributed by atoms with Gasteiger partial charge in [0.25, 0.3) is 0 Å². The minimum Gasteiger partial charge on any atom is -0.479 e. The van der Waals surface area contributed by atoms with Gasteiger partial charge in [-0.05, 0) is 75.7 Å². The summed E-state index contributed by atoms with van der Waals surface area (Å²) in [5, 5.41) is 46.2. The number of aliphatic hydroxyl groups excluding tert-OH is 3. The molecule has 1 aliphatic rings. The highest BCUT2D eigenvalue weighted by Crippen LogP contribution is 2.31. The first kappa shape index (κ1) is 57.5. The van der Waals surface area contributed by atoms with Crippen molar-refractivity contribution in [2.75, 3.05) is 51.5 Å². The third-order valence-corrected chi connectivity index (χ3v) is 13.5. The van der Waals surface area contributed by atoms with Gasteiger partial charge >= 0.3 is 5.97 Å². The number of aliphatic carboxylic acids is 1. The summed E-state index contributed by atoms with van der Waals surface area (Å²) in [6.45, 7) is 6.92. The van der Waals surface area contributed by atoms with Gasteiger partial charge in [0.05, 0.1) is 55.9 Å². The molecule has 21 nitrogen and oxygen atoms in total. The predicted octanol–water partition coefficient (Wildman–Crippen LogP) is 3.22. The van der Waals surface area contributed by atoms with Crippen LogP contribution in [0.2, 0.25) is 0 Å². The van der Waals surface area contributed by atoms with Crippen LogP contribution >= 0.6 is 0 Å². The Morgan fingerprint density at radius 2 is 1.44 bits per heavy atom. The molecule has 6 N–H and O–H groups in total. The van der Waals surface area contributed by atoms with Crippen molar-refractivity contribution in [1.82, 2.24) is 10.3 Å². The second-order valence-electron chi connectivity index (χ2n) is 17.8. The number of pyridine rings is 1. The van der Waals surface area contributed by atoms with Gasteiger partial charge in [-0.25, -0.2) is 22.8 Å². The Kier molecular flexibility index (Phi) is 21.2. The second-order valence-corrected chi connectivity index (χ2v) is 19.8. The lowest BCUT2D eigenvalue weighted by Crippen LogP contribution is -2.61. The van der Waals surface area contributed by atoms with Gasteiger partial charge in [0.1, 0.15) is 41.4 Å². The normalized spacial score (nSPS) is 17.5. The van der Waals surface area contributed by atoms with Crippen LogP contribution in [0, 0.1) is 13.8 Å². The fourth-order valence-corrected chi connectivity index (χ4v) is 8.96. The quantitative estimate of drug-likeness (QED) is 0.0228. The first-order valence-corrected chi connectivity index (χ1v) is 25.9. The molecule has 1 aliphatic heterocycles. The average molecular weight is 1060 g/mol. The lowest BCUT2D eigenvalue weighted by atomic mass is 9.99. The largest absolute Gasteiger partial charge is 0.479 e. The van der Waals surface area contributed by atoms with Crippen molar-refractivity contribution in [3.63, 3.8) is 0 Å². The number of ketones is 2. The van der Waals surface area contributed by atoms with Crippen LogP contribution in [0.5, 0.6) is 5.75 Å². The number of aliphatic hydroxyl groups is 3. The number of aryl methyl sites for hydroxylation is 3. The third kappa shape index (κ3) is 17.4. The number of anilines is 1. The van der Waals surface area contributed by atoms with E-state index in [9.17, 15) is 52.8 Å². The number of benzene rings is 3. The molecule has 2 aromatic heterocycles. The summed E-state index contributed by atoms with van der Waals surface area (Å²) in [7, 11) is -3.66. The molecule has 0 radical (unpaired) electrons. The monoisotopic (exact) mass is 1060 g/mol. The van der Waals surface area contributed by atoms with Gasteiger partial charge in [0, 0.05) is 60.5 Å².